The van der Waals surface area contributed by atoms with Gasteiger partial charge in [0.05, 0.1) is 18.1 Å². The topological polar surface area (TPSA) is 79.8 Å². The number of guanidine groups is 1. The van der Waals surface area contributed by atoms with E-state index in [0.717, 1.165) is 31.6 Å². The van der Waals surface area contributed by atoms with Crippen LogP contribution >= 0.6 is 0 Å². The maximum absolute atomic E-state index is 11.7. The number of benzene rings is 2. The van der Waals surface area contributed by atoms with Crippen LogP contribution in [-0.2, 0) is 22.7 Å². The predicted octanol–water partition coefficient (Wildman–Crippen LogP) is 2.98. The van der Waals surface area contributed by atoms with Crippen molar-refractivity contribution < 1.29 is 13.2 Å². The summed E-state index contributed by atoms with van der Waals surface area (Å²) in [6.07, 6.45) is 3.42. The van der Waals surface area contributed by atoms with E-state index in [2.05, 4.69) is 52.0 Å². The Labute approximate surface area is 186 Å². The van der Waals surface area contributed by atoms with Gasteiger partial charge in [-0.25, -0.2) is 8.42 Å². The van der Waals surface area contributed by atoms with Crippen LogP contribution < -0.4 is 15.4 Å². The van der Waals surface area contributed by atoms with Crippen LogP contribution in [0.3, 0.4) is 0 Å². The van der Waals surface area contributed by atoms with E-state index in [4.69, 9.17) is 4.74 Å². The zero-order valence-electron chi connectivity index (χ0n) is 18.2. The molecule has 7 heteroatoms. The maximum atomic E-state index is 11.7. The number of aryl methyl sites for hydroxylation is 1. The Balaban J connectivity index is 1.44. The molecular formula is C24H33N3O3S. The molecule has 0 radical (unpaired) electrons. The summed E-state index contributed by atoms with van der Waals surface area (Å²) in [6.45, 7) is 4.04. The first-order valence-electron chi connectivity index (χ1n) is 11.0. The minimum atomic E-state index is -2.91. The van der Waals surface area contributed by atoms with Gasteiger partial charge >= 0.3 is 0 Å². The lowest BCUT2D eigenvalue weighted by Gasteiger charge is -2.15. The first-order valence-corrected chi connectivity index (χ1v) is 12.9. The Kier molecular flexibility index (Phi) is 8.76. The largest absolute Gasteiger partial charge is 0.494 e. The molecule has 2 N–H and O–H groups in total. The Morgan fingerprint density at radius 2 is 1.90 bits per heavy atom. The van der Waals surface area contributed by atoms with E-state index in [1.807, 2.05) is 25.1 Å². The molecule has 0 aromatic heterocycles. The number of hydrogen-bond acceptors (Lipinski definition) is 4. The van der Waals surface area contributed by atoms with Gasteiger partial charge in [0.1, 0.15) is 5.75 Å². The smallest absolute Gasteiger partial charge is 0.191 e. The second-order valence-corrected chi connectivity index (χ2v) is 10.1. The number of rotatable bonds is 10. The van der Waals surface area contributed by atoms with E-state index in [9.17, 15) is 8.42 Å². The number of nitrogens with zero attached hydrogens (tertiary/aromatic N) is 1. The fraction of sp³-hybridized carbons (Fsp3) is 0.458. The third kappa shape index (κ3) is 8.25. The van der Waals surface area contributed by atoms with Gasteiger partial charge in [0.15, 0.2) is 15.8 Å². The van der Waals surface area contributed by atoms with Crippen molar-refractivity contribution in [2.45, 2.75) is 38.6 Å². The summed E-state index contributed by atoms with van der Waals surface area (Å²) in [5.74, 6) is 2.00. The van der Waals surface area contributed by atoms with Gasteiger partial charge in [-0.05, 0) is 55.9 Å². The summed E-state index contributed by atoms with van der Waals surface area (Å²) in [5, 5.41) is 6.45. The Bertz CT molecular complexity index is 946. The molecule has 0 amide bonds. The number of aliphatic imine (C=N–C) groups is 1. The Morgan fingerprint density at radius 3 is 2.65 bits per heavy atom. The quantitative estimate of drug-likeness (QED) is 0.335. The second-order valence-electron chi connectivity index (χ2n) is 7.84. The molecule has 1 atom stereocenters. The molecular weight excluding hydrogens is 410 g/mol. The van der Waals surface area contributed by atoms with Crippen molar-refractivity contribution in [3.05, 3.63) is 65.7 Å². The van der Waals surface area contributed by atoms with Crippen molar-refractivity contribution in [1.82, 2.24) is 10.6 Å². The van der Waals surface area contributed by atoms with Crippen molar-refractivity contribution in [1.29, 1.82) is 0 Å². The van der Waals surface area contributed by atoms with Crippen molar-refractivity contribution in [3.63, 3.8) is 0 Å². The first-order chi connectivity index (χ1) is 15.0. The molecule has 1 fully saturated rings. The number of sulfone groups is 1. The lowest BCUT2D eigenvalue weighted by Crippen LogP contribution is -2.44. The summed E-state index contributed by atoms with van der Waals surface area (Å²) in [5.41, 5.74) is 2.50. The Hall–Kier alpha value is -2.54. The van der Waals surface area contributed by atoms with Gasteiger partial charge in [-0.3, -0.25) is 4.99 Å². The third-order valence-electron chi connectivity index (χ3n) is 5.21. The Morgan fingerprint density at radius 1 is 1.10 bits per heavy atom. The maximum Gasteiger partial charge on any atom is 0.191 e. The minimum Gasteiger partial charge on any atom is -0.494 e. The summed E-state index contributed by atoms with van der Waals surface area (Å²) in [4.78, 5) is 4.62. The zero-order valence-corrected chi connectivity index (χ0v) is 19.0. The van der Waals surface area contributed by atoms with E-state index >= 15 is 0 Å². The fourth-order valence-corrected chi connectivity index (χ4v) is 5.29. The number of hydrogen-bond donors (Lipinski definition) is 2. The van der Waals surface area contributed by atoms with Gasteiger partial charge in [0.25, 0.3) is 0 Å². The molecule has 1 aliphatic heterocycles. The highest BCUT2D eigenvalue weighted by atomic mass is 32.2. The normalized spacial score (nSPS) is 18.0. The SMILES string of the molecule is CCNC(=NCCc1cccc(OCCCc2ccccc2)c1)NC1CCS(=O)(=O)C1. The molecule has 3 rings (SSSR count). The molecule has 2 aromatic carbocycles. The highest BCUT2D eigenvalue weighted by Gasteiger charge is 2.28. The molecule has 2 aromatic rings. The lowest BCUT2D eigenvalue weighted by atomic mass is 10.1. The van der Waals surface area contributed by atoms with Crippen LogP contribution in [0, 0.1) is 0 Å². The van der Waals surface area contributed by atoms with Crippen LogP contribution in [0.5, 0.6) is 5.75 Å². The number of nitrogens with one attached hydrogen (secondary N) is 2. The van der Waals surface area contributed by atoms with Crippen molar-refractivity contribution in [3.8, 4) is 5.75 Å². The molecule has 6 nitrogen and oxygen atoms in total. The van der Waals surface area contributed by atoms with Crippen LogP contribution in [0.15, 0.2) is 59.6 Å². The van der Waals surface area contributed by atoms with Gasteiger partial charge in [-0.15, -0.1) is 0 Å². The van der Waals surface area contributed by atoms with E-state index in [1.54, 1.807) is 0 Å². The highest BCUT2D eigenvalue weighted by molar-refractivity contribution is 7.91. The molecule has 0 aliphatic carbocycles. The second kappa shape index (κ2) is 11.7. The minimum absolute atomic E-state index is 0.0598. The van der Waals surface area contributed by atoms with E-state index < -0.39 is 9.84 Å². The summed E-state index contributed by atoms with van der Waals surface area (Å²) in [7, 11) is -2.91. The van der Waals surface area contributed by atoms with Crippen LogP contribution in [0.4, 0.5) is 0 Å². The molecule has 1 saturated heterocycles. The van der Waals surface area contributed by atoms with Gasteiger partial charge in [-0.2, -0.15) is 0 Å². The molecule has 1 unspecified atom stereocenters. The van der Waals surface area contributed by atoms with Crippen molar-refractivity contribution >= 4 is 15.8 Å². The lowest BCUT2D eigenvalue weighted by molar-refractivity contribution is 0.310. The van der Waals surface area contributed by atoms with Crippen molar-refractivity contribution in [2.75, 3.05) is 31.2 Å². The van der Waals surface area contributed by atoms with Crippen LogP contribution in [0.25, 0.3) is 0 Å². The van der Waals surface area contributed by atoms with Crippen LogP contribution in [0.2, 0.25) is 0 Å². The fourth-order valence-electron chi connectivity index (χ4n) is 3.62. The molecule has 0 saturated carbocycles. The van der Waals surface area contributed by atoms with Gasteiger partial charge in [0, 0.05) is 19.1 Å². The van der Waals surface area contributed by atoms with Crippen LogP contribution in [0.1, 0.15) is 30.9 Å². The molecule has 1 heterocycles. The number of ether oxygens (including phenoxy) is 1. The third-order valence-corrected chi connectivity index (χ3v) is 6.98. The van der Waals surface area contributed by atoms with Crippen molar-refractivity contribution in [2.24, 2.45) is 4.99 Å². The molecule has 1 aliphatic rings. The van der Waals surface area contributed by atoms with Gasteiger partial charge < -0.3 is 15.4 Å². The molecule has 0 bridgehead atoms. The average molecular weight is 444 g/mol. The summed E-state index contributed by atoms with van der Waals surface area (Å²) < 4.78 is 29.3. The standard InChI is InChI=1S/C24H33N3O3S/c1-2-25-24(27-22-14-17-31(28,29)19-22)26-15-13-21-10-6-12-23(18-21)30-16-7-11-20-8-4-3-5-9-20/h3-6,8-10,12,18,22H,2,7,11,13-17,19H2,1H3,(H2,25,26,27). The van der Waals surface area contributed by atoms with E-state index in [-0.39, 0.29) is 17.5 Å². The molecule has 168 valence electrons. The van der Waals surface area contributed by atoms with E-state index in [1.165, 1.54) is 11.1 Å². The highest BCUT2D eigenvalue weighted by Crippen LogP contribution is 2.15. The zero-order chi connectivity index (χ0) is 21.9. The van der Waals surface area contributed by atoms with Crippen LogP contribution in [-0.4, -0.2) is 51.6 Å². The average Bonchev–Trinajstić information content (AvgIpc) is 3.10. The molecule has 31 heavy (non-hydrogen) atoms. The van der Waals surface area contributed by atoms with Gasteiger partial charge in [-0.1, -0.05) is 42.5 Å². The van der Waals surface area contributed by atoms with Gasteiger partial charge in [0.2, 0.25) is 0 Å². The summed E-state index contributed by atoms with van der Waals surface area (Å²) in [6, 6.07) is 18.5. The molecule has 0 spiro atoms. The van der Waals surface area contributed by atoms with E-state index in [0.29, 0.717) is 25.5 Å². The first kappa shape index (κ1) is 23.1. The summed E-state index contributed by atoms with van der Waals surface area (Å²) >= 11 is 0. The monoisotopic (exact) mass is 443 g/mol. The predicted molar refractivity (Wildman–Crippen MR) is 127 cm³/mol.